The summed E-state index contributed by atoms with van der Waals surface area (Å²) in [6.07, 6.45) is 5.37. The van der Waals surface area contributed by atoms with Crippen molar-refractivity contribution in [1.29, 1.82) is 5.26 Å². The molecule has 0 aliphatic carbocycles. The molecule has 7 nitrogen and oxygen atoms in total. The number of amides is 1. The molecule has 3 heterocycles. The summed E-state index contributed by atoms with van der Waals surface area (Å²) in [5, 5.41) is 13.6. The van der Waals surface area contributed by atoms with Gasteiger partial charge in [0.1, 0.15) is 17.4 Å². The minimum Gasteiger partial charge on any atom is -0.492 e. The van der Waals surface area contributed by atoms with E-state index in [9.17, 15) is 10.1 Å². The summed E-state index contributed by atoms with van der Waals surface area (Å²) in [6, 6.07) is 7.78. The van der Waals surface area contributed by atoms with Crippen LogP contribution in [0.25, 0.3) is 17.0 Å². The molecule has 2 aromatic rings. The fourth-order valence-corrected chi connectivity index (χ4v) is 4.28. The summed E-state index contributed by atoms with van der Waals surface area (Å²) < 4.78 is 11.1. The van der Waals surface area contributed by atoms with Crippen LogP contribution in [0.5, 0.6) is 5.75 Å². The zero-order valence-electron chi connectivity index (χ0n) is 16.7. The van der Waals surface area contributed by atoms with Crippen molar-refractivity contribution in [2.45, 2.75) is 19.8 Å². The van der Waals surface area contributed by atoms with Gasteiger partial charge in [0, 0.05) is 31.3 Å². The first-order valence-corrected chi connectivity index (χ1v) is 10.8. The molecule has 1 aromatic carbocycles. The van der Waals surface area contributed by atoms with Gasteiger partial charge < -0.3 is 14.8 Å². The van der Waals surface area contributed by atoms with E-state index in [-0.39, 0.29) is 5.91 Å². The summed E-state index contributed by atoms with van der Waals surface area (Å²) in [5.41, 5.74) is 1.97. The lowest BCUT2D eigenvalue weighted by Crippen LogP contribution is -2.22. The van der Waals surface area contributed by atoms with Crippen LogP contribution in [0, 0.1) is 17.2 Å². The van der Waals surface area contributed by atoms with Crippen molar-refractivity contribution in [2.24, 2.45) is 10.9 Å². The van der Waals surface area contributed by atoms with E-state index in [1.807, 2.05) is 31.2 Å². The average molecular weight is 423 g/mol. The maximum atomic E-state index is 12.4. The van der Waals surface area contributed by atoms with Crippen LogP contribution in [0.1, 0.15) is 30.9 Å². The molecule has 2 aliphatic heterocycles. The molecule has 0 unspecified atom stereocenters. The molecule has 4 rings (SSSR count). The summed E-state index contributed by atoms with van der Waals surface area (Å²) in [7, 11) is 0. The molecule has 30 heavy (non-hydrogen) atoms. The van der Waals surface area contributed by atoms with Crippen LogP contribution >= 0.6 is 11.8 Å². The third-order valence-corrected chi connectivity index (χ3v) is 5.98. The lowest BCUT2D eigenvalue weighted by atomic mass is 10.0. The number of hydrogen-bond acceptors (Lipinski definition) is 7. The molecule has 1 amide bonds. The van der Waals surface area contributed by atoms with Gasteiger partial charge in [-0.3, -0.25) is 14.8 Å². The smallest absolute Gasteiger partial charge is 0.264 e. The van der Waals surface area contributed by atoms with Crippen molar-refractivity contribution in [3.8, 4) is 11.8 Å². The Bertz CT molecular complexity index is 1070. The molecule has 154 valence electrons. The van der Waals surface area contributed by atoms with Gasteiger partial charge >= 0.3 is 0 Å². The third-order valence-electron chi connectivity index (χ3n) is 5.03. The molecule has 1 N–H and O–H groups in total. The fourth-order valence-electron chi connectivity index (χ4n) is 3.45. The number of nitriles is 1. The van der Waals surface area contributed by atoms with Gasteiger partial charge in [0.2, 0.25) is 0 Å². The topological polar surface area (TPSA) is 96.6 Å². The van der Waals surface area contributed by atoms with E-state index in [1.54, 1.807) is 0 Å². The van der Waals surface area contributed by atoms with Gasteiger partial charge in [-0.2, -0.15) is 5.26 Å². The van der Waals surface area contributed by atoms with Crippen molar-refractivity contribution < 1.29 is 14.3 Å². The van der Waals surface area contributed by atoms with Crippen LogP contribution in [0.2, 0.25) is 0 Å². The molecule has 2 fully saturated rings. The number of carbonyl (C=O) groups excluding carboxylic acids is 1. The van der Waals surface area contributed by atoms with Gasteiger partial charge in [-0.1, -0.05) is 6.07 Å². The Kier molecular flexibility index (Phi) is 6.31. The second kappa shape index (κ2) is 9.28. The SMILES string of the molecule is CCOc1c(C#N)cnc2ccc(C=C3SC(=NCC4CCOCC4)NC3=O)cc12. The van der Waals surface area contributed by atoms with Gasteiger partial charge in [-0.15, -0.1) is 0 Å². The quantitative estimate of drug-likeness (QED) is 0.741. The lowest BCUT2D eigenvalue weighted by molar-refractivity contribution is -0.115. The van der Waals surface area contributed by atoms with Gasteiger partial charge in [-0.25, -0.2) is 0 Å². The fraction of sp³-hybridized carbons (Fsp3) is 0.364. The minimum atomic E-state index is -0.153. The predicted molar refractivity (Wildman–Crippen MR) is 117 cm³/mol. The number of nitrogens with zero attached hydrogens (tertiary/aromatic N) is 3. The average Bonchev–Trinajstić information content (AvgIpc) is 3.12. The Balaban J connectivity index is 1.57. The van der Waals surface area contributed by atoms with Gasteiger partial charge in [-0.05, 0) is 61.2 Å². The van der Waals surface area contributed by atoms with Crippen molar-refractivity contribution >= 4 is 39.8 Å². The highest BCUT2D eigenvalue weighted by atomic mass is 32.2. The highest BCUT2D eigenvalue weighted by Crippen LogP contribution is 2.31. The predicted octanol–water partition coefficient (Wildman–Crippen LogP) is 3.49. The Morgan fingerprint density at radius 2 is 2.27 bits per heavy atom. The number of thioether (sulfide) groups is 1. The number of amidine groups is 1. The monoisotopic (exact) mass is 422 g/mol. The van der Waals surface area contributed by atoms with Crippen molar-refractivity contribution in [3.63, 3.8) is 0 Å². The van der Waals surface area contributed by atoms with Crippen molar-refractivity contribution in [2.75, 3.05) is 26.4 Å². The Hall–Kier alpha value is -2.89. The number of aliphatic imine (C=N–C) groups is 1. The van der Waals surface area contributed by atoms with Crippen LogP contribution in [0.4, 0.5) is 0 Å². The van der Waals surface area contributed by atoms with Crippen molar-refractivity contribution in [3.05, 3.63) is 40.4 Å². The molecule has 2 saturated heterocycles. The maximum absolute atomic E-state index is 12.4. The van der Waals surface area contributed by atoms with E-state index in [1.165, 1.54) is 18.0 Å². The first-order chi connectivity index (χ1) is 14.7. The third kappa shape index (κ3) is 4.48. The molecule has 1 aromatic heterocycles. The number of hydrogen-bond donors (Lipinski definition) is 1. The molecule has 0 saturated carbocycles. The molecule has 0 radical (unpaired) electrons. The zero-order chi connectivity index (χ0) is 20.9. The second-order valence-corrected chi connectivity index (χ2v) is 8.12. The molecule has 0 atom stereocenters. The minimum absolute atomic E-state index is 0.153. The van der Waals surface area contributed by atoms with Gasteiger partial charge in [0.25, 0.3) is 5.91 Å². The summed E-state index contributed by atoms with van der Waals surface area (Å²) in [5.74, 6) is 0.878. The number of carbonyl (C=O) groups is 1. The number of fused-ring (bicyclic) bond motifs is 1. The van der Waals surface area contributed by atoms with E-state index in [4.69, 9.17) is 9.47 Å². The zero-order valence-corrected chi connectivity index (χ0v) is 17.5. The van der Waals surface area contributed by atoms with Gasteiger partial charge in [0.15, 0.2) is 5.17 Å². The Morgan fingerprint density at radius 1 is 1.43 bits per heavy atom. The number of ether oxygens (including phenoxy) is 2. The lowest BCUT2D eigenvalue weighted by Gasteiger charge is -2.19. The number of nitrogens with one attached hydrogen (secondary N) is 1. The second-order valence-electron chi connectivity index (χ2n) is 7.09. The summed E-state index contributed by atoms with van der Waals surface area (Å²) in [4.78, 5) is 21.9. The molecular formula is C22H22N4O3S. The van der Waals surface area contributed by atoms with Gasteiger partial charge in [0.05, 0.1) is 17.0 Å². The summed E-state index contributed by atoms with van der Waals surface area (Å²) in [6.45, 7) is 4.60. The van der Waals surface area contributed by atoms with Crippen LogP contribution in [0.3, 0.4) is 0 Å². The van der Waals surface area contributed by atoms with E-state index >= 15 is 0 Å². The number of pyridine rings is 1. The largest absolute Gasteiger partial charge is 0.492 e. The Labute approximate surface area is 179 Å². The number of benzene rings is 1. The van der Waals surface area contributed by atoms with Crippen LogP contribution < -0.4 is 10.1 Å². The van der Waals surface area contributed by atoms with Crippen LogP contribution in [-0.2, 0) is 9.53 Å². The molecular weight excluding hydrogens is 400 g/mol. The summed E-state index contributed by atoms with van der Waals surface area (Å²) >= 11 is 1.35. The first-order valence-electron chi connectivity index (χ1n) is 9.96. The maximum Gasteiger partial charge on any atom is 0.264 e. The normalized spacial score (nSPS) is 19.9. The van der Waals surface area contributed by atoms with E-state index in [0.29, 0.717) is 40.5 Å². The molecule has 8 heteroatoms. The molecule has 0 spiro atoms. The van der Waals surface area contributed by atoms with Crippen LogP contribution in [-0.4, -0.2) is 42.4 Å². The number of aromatic nitrogens is 1. The number of rotatable bonds is 5. The van der Waals surface area contributed by atoms with E-state index in [0.717, 1.165) is 42.5 Å². The van der Waals surface area contributed by atoms with E-state index in [2.05, 4.69) is 21.4 Å². The first kappa shape index (κ1) is 20.4. The molecule has 2 aliphatic rings. The highest BCUT2D eigenvalue weighted by molar-refractivity contribution is 8.18. The highest BCUT2D eigenvalue weighted by Gasteiger charge is 2.24. The van der Waals surface area contributed by atoms with Crippen molar-refractivity contribution in [1.82, 2.24) is 10.3 Å². The Morgan fingerprint density at radius 3 is 3.03 bits per heavy atom. The van der Waals surface area contributed by atoms with E-state index < -0.39 is 0 Å². The standard InChI is InChI=1S/C22H22N4O3S/c1-2-29-20-16(11-23)13-24-18-4-3-15(9-17(18)20)10-19-21(27)26-22(30-19)25-12-14-5-7-28-8-6-14/h3-4,9-10,13-14H,2,5-8,12H2,1H3,(H,25,26,27). The van der Waals surface area contributed by atoms with Crippen LogP contribution in [0.15, 0.2) is 34.3 Å². The molecule has 0 bridgehead atoms.